The molecular formula is C19H27BO6. The molecule has 1 aromatic rings. The van der Waals surface area contributed by atoms with Gasteiger partial charge in [-0.2, -0.15) is 0 Å². The first-order chi connectivity index (χ1) is 11.8. The summed E-state index contributed by atoms with van der Waals surface area (Å²) in [6, 6.07) is 4.69. The van der Waals surface area contributed by atoms with Crippen LogP contribution in [0.3, 0.4) is 0 Å². The normalized spacial score (nSPS) is 18.5. The minimum atomic E-state index is -0.741. The zero-order chi connectivity index (χ0) is 19.9. The number of hydrogen-bond donors (Lipinski definition) is 0. The van der Waals surface area contributed by atoms with E-state index in [4.69, 9.17) is 18.8 Å². The van der Waals surface area contributed by atoms with E-state index < -0.39 is 35.9 Å². The minimum absolute atomic E-state index is 0.223. The highest BCUT2D eigenvalue weighted by Crippen LogP contribution is 2.36. The standard InChI is InChI=1S/C19H27BO6/c1-17(2,3)24-16(22)13-11-12(15(21)23-8)9-10-14(13)20-25-18(4,5)19(6,7)26-20/h9-11H,1-8H3. The Kier molecular flexibility index (Phi) is 5.28. The van der Waals surface area contributed by atoms with E-state index in [2.05, 4.69) is 0 Å². The second-order valence-electron chi connectivity index (χ2n) is 8.38. The number of methoxy groups -OCH3 is 1. The fourth-order valence-electron chi connectivity index (χ4n) is 2.49. The van der Waals surface area contributed by atoms with Gasteiger partial charge in [0.25, 0.3) is 0 Å². The Morgan fingerprint density at radius 1 is 1.00 bits per heavy atom. The highest BCUT2D eigenvalue weighted by atomic mass is 16.7. The molecule has 0 atom stereocenters. The maximum absolute atomic E-state index is 12.7. The topological polar surface area (TPSA) is 71.1 Å². The van der Waals surface area contributed by atoms with Crippen LogP contribution in [0.25, 0.3) is 0 Å². The predicted molar refractivity (Wildman–Crippen MR) is 98.7 cm³/mol. The van der Waals surface area contributed by atoms with Gasteiger partial charge in [-0.25, -0.2) is 9.59 Å². The maximum atomic E-state index is 12.7. The molecule has 1 aliphatic heterocycles. The van der Waals surface area contributed by atoms with E-state index in [0.717, 1.165) is 0 Å². The molecule has 2 rings (SSSR count). The van der Waals surface area contributed by atoms with E-state index in [1.807, 2.05) is 27.7 Å². The summed E-state index contributed by atoms with van der Waals surface area (Å²) in [4.78, 5) is 24.6. The molecule has 0 amide bonds. The van der Waals surface area contributed by atoms with Crippen molar-refractivity contribution in [1.29, 1.82) is 0 Å². The molecule has 142 valence electrons. The van der Waals surface area contributed by atoms with Crippen LogP contribution < -0.4 is 5.46 Å². The smallest absolute Gasteiger partial charge is 0.465 e. The fourth-order valence-corrected chi connectivity index (χ4v) is 2.49. The summed E-state index contributed by atoms with van der Waals surface area (Å²) in [5.41, 5.74) is -0.778. The molecular weight excluding hydrogens is 335 g/mol. The van der Waals surface area contributed by atoms with E-state index in [1.165, 1.54) is 13.2 Å². The third kappa shape index (κ3) is 4.10. The van der Waals surface area contributed by atoms with Crippen molar-refractivity contribution in [2.24, 2.45) is 0 Å². The average molecular weight is 362 g/mol. The SMILES string of the molecule is COC(=O)c1ccc(B2OC(C)(C)C(C)(C)O2)c(C(=O)OC(C)(C)C)c1. The molecule has 1 aromatic carbocycles. The number of hydrogen-bond acceptors (Lipinski definition) is 6. The van der Waals surface area contributed by atoms with E-state index in [-0.39, 0.29) is 11.1 Å². The van der Waals surface area contributed by atoms with Gasteiger partial charge in [0.05, 0.1) is 29.4 Å². The van der Waals surface area contributed by atoms with Gasteiger partial charge in [-0.05, 0) is 66.1 Å². The summed E-state index contributed by atoms with van der Waals surface area (Å²) in [5.74, 6) is -1.08. The van der Waals surface area contributed by atoms with E-state index in [1.54, 1.807) is 32.9 Å². The first kappa shape index (κ1) is 20.5. The van der Waals surface area contributed by atoms with Crippen LogP contribution in [0.2, 0.25) is 0 Å². The number of rotatable bonds is 3. The van der Waals surface area contributed by atoms with Gasteiger partial charge in [0.15, 0.2) is 0 Å². The van der Waals surface area contributed by atoms with Crippen molar-refractivity contribution in [3.63, 3.8) is 0 Å². The van der Waals surface area contributed by atoms with Gasteiger partial charge in [0.2, 0.25) is 0 Å². The van der Waals surface area contributed by atoms with Crippen LogP contribution in [0.1, 0.15) is 69.2 Å². The molecule has 0 aliphatic carbocycles. The third-order valence-electron chi connectivity index (χ3n) is 4.60. The molecule has 0 radical (unpaired) electrons. The van der Waals surface area contributed by atoms with Gasteiger partial charge in [-0.3, -0.25) is 0 Å². The Morgan fingerprint density at radius 2 is 1.54 bits per heavy atom. The summed E-state index contributed by atoms with van der Waals surface area (Å²) >= 11 is 0. The van der Waals surface area contributed by atoms with E-state index in [9.17, 15) is 9.59 Å². The number of carbonyl (C=O) groups is 2. The van der Waals surface area contributed by atoms with E-state index >= 15 is 0 Å². The first-order valence-electron chi connectivity index (χ1n) is 8.59. The van der Waals surface area contributed by atoms with Crippen molar-refractivity contribution in [3.8, 4) is 0 Å². The van der Waals surface area contributed by atoms with Crippen LogP contribution in [0, 0.1) is 0 Å². The number of benzene rings is 1. The monoisotopic (exact) mass is 362 g/mol. The molecule has 1 saturated heterocycles. The van der Waals surface area contributed by atoms with Crippen molar-refractivity contribution in [1.82, 2.24) is 0 Å². The van der Waals surface area contributed by atoms with Crippen molar-refractivity contribution in [2.45, 2.75) is 65.3 Å². The highest BCUT2D eigenvalue weighted by Gasteiger charge is 2.52. The fraction of sp³-hybridized carbons (Fsp3) is 0.579. The zero-order valence-corrected chi connectivity index (χ0v) is 16.8. The van der Waals surface area contributed by atoms with Crippen molar-refractivity contribution < 1.29 is 28.4 Å². The van der Waals surface area contributed by atoms with Gasteiger partial charge >= 0.3 is 19.1 Å². The average Bonchev–Trinajstić information content (AvgIpc) is 2.72. The van der Waals surface area contributed by atoms with Gasteiger partial charge in [-0.15, -0.1) is 0 Å². The van der Waals surface area contributed by atoms with Crippen LogP contribution in [-0.4, -0.2) is 43.0 Å². The predicted octanol–water partition coefficient (Wildman–Crippen LogP) is 2.73. The quantitative estimate of drug-likeness (QED) is 0.608. The largest absolute Gasteiger partial charge is 0.495 e. The second-order valence-corrected chi connectivity index (χ2v) is 8.38. The molecule has 0 bridgehead atoms. The number of carbonyl (C=O) groups excluding carboxylic acids is 2. The Bertz CT molecular complexity index is 701. The lowest BCUT2D eigenvalue weighted by Crippen LogP contribution is -2.41. The number of esters is 2. The van der Waals surface area contributed by atoms with Crippen molar-refractivity contribution >= 4 is 24.5 Å². The molecule has 1 heterocycles. The summed E-state index contributed by atoms with van der Waals surface area (Å²) in [7, 11) is 0.548. The molecule has 1 fully saturated rings. The Morgan fingerprint density at radius 3 is 2.00 bits per heavy atom. The lowest BCUT2D eigenvalue weighted by Gasteiger charge is -2.32. The van der Waals surface area contributed by atoms with Gasteiger partial charge in [0, 0.05) is 0 Å². The van der Waals surface area contributed by atoms with Crippen LogP contribution in [0.4, 0.5) is 0 Å². The summed E-state index contributed by atoms with van der Waals surface area (Å²) < 4.78 is 22.3. The number of ether oxygens (including phenoxy) is 2. The minimum Gasteiger partial charge on any atom is -0.465 e. The molecule has 6 nitrogen and oxygen atoms in total. The maximum Gasteiger partial charge on any atom is 0.495 e. The van der Waals surface area contributed by atoms with Crippen molar-refractivity contribution in [2.75, 3.05) is 7.11 Å². The Balaban J connectivity index is 2.49. The zero-order valence-electron chi connectivity index (χ0n) is 16.8. The van der Waals surface area contributed by atoms with Gasteiger partial charge < -0.3 is 18.8 Å². The highest BCUT2D eigenvalue weighted by molar-refractivity contribution is 6.63. The molecule has 26 heavy (non-hydrogen) atoms. The molecule has 7 heteroatoms. The molecule has 0 N–H and O–H groups in total. The second kappa shape index (κ2) is 6.70. The van der Waals surface area contributed by atoms with Crippen LogP contribution >= 0.6 is 0 Å². The van der Waals surface area contributed by atoms with Crippen molar-refractivity contribution in [3.05, 3.63) is 29.3 Å². The molecule has 0 unspecified atom stereocenters. The summed E-state index contributed by atoms with van der Waals surface area (Å²) in [5, 5.41) is 0. The lowest BCUT2D eigenvalue weighted by atomic mass is 9.75. The lowest BCUT2D eigenvalue weighted by molar-refractivity contribution is 0.00578. The third-order valence-corrected chi connectivity index (χ3v) is 4.60. The van der Waals surface area contributed by atoms with E-state index in [0.29, 0.717) is 5.46 Å². The van der Waals surface area contributed by atoms with Crippen LogP contribution in [0.5, 0.6) is 0 Å². The molecule has 0 saturated carbocycles. The van der Waals surface area contributed by atoms with Gasteiger partial charge in [0.1, 0.15) is 5.60 Å². The molecule has 1 aliphatic rings. The molecule has 0 spiro atoms. The molecule has 0 aromatic heterocycles. The van der Waals surface area contributed by atoms with Crippen LogP contribution in [0.15, 0.2) is 18.2 Å². The van der Waals surface area contributed by atoms with Gasteiger partial charge in [-0.1, -0.05) is 6.07 Å². The Labute approximate surface area is 155 Å². The Hall–Kier alpha value is -1.86. The first-order valence-corrected chi connectivity index (χ1v) is 8.59. The summed E-state index contributed by atoms with van der Waals surface area (Å²) in [6.45, 7) is 13.1. The summed E-state index contributed by atoms with van der Waals surface area (Å²) in [6.07, 6.45) is 0. The van der Waals surface area contributed by atoms with Crippen LogP contribution in [-0.2, 0) is 18.8 Å².